The van der Waals surface area contributed by atoms with Gasteiger partial charge in [-0.15, -0.1) is 0 Å². The lowest BCUT2D eigenvalue weighted by Gasteiger charge is -2.09. The molecule has 1 N–H and O–H groups in total. The van der Waals surface area contributed by atoms with Crippen LogP contribution in [-0.2, 0) is 9.53 Å². The molecule has 2 aromatic carbocycles. The number of benzene rings is 2. The van der Waals surface area contributed by atoms with Crippen molar-refractivity contribution in [3.05, 3.63) is 70.2 Å². The van der Waals surface area contributed by atoms with Crippen LogP contribution in [0.4, 0.5) is 5.69 Å². The van der Waals surface area contributed by atoms with E-state index >= 15 is 0 Å². The number of esters is 1. The molecule has 3 nitrogen and oxygen atoms in total. The molecule has 0 amide bonds. The summed E-state index contributed by atoms with van der Waals surface area (Å²) in [5.41, 5.74) is 2.47. The summed E-state index contributed by atoms with van der Waals surface area (Å²) >= 11 is 3.42. The molecule has 0 unspecified atom stereocenters. The highest BCUT2D eigenvalue weighted by Crippen LogP contribution is 2.15. The molecule has 0 heterocycles. The number of methoxy groups -OCH3 is 1. The zero-order valence-electron chi connectivity index (χ0n) is 11.7. The van der Waals surface area contributed by atoms with Crippen LogP contribution >= 0.6 is 15.9 Å². The topological polar surface area (TPSA) is 38.3 Å². The minimum atomic E-state index is -0.335. The van der Waals surface area contributed by atoms with Crippen molar-refractivity contribution in [1.29, 1.82) is 0 Å². The maximum Gasteiger partial charge on any atom is 0.335 e. The summed E-state index contributed by atoms with van der Waals surface area (Å²) in [7, 11) is 1.39. The minimum Gasteiger partial charge on any atom is -0.466 e. The van der Waals surface area contributed by atoms with E-state index in [1.54, 1.807) is 0 Å². The van der Waals surface area contributed by atoms with E-state index in [-0.39, 0.29) is 5.97 Å². The first-order chi connectivity index (χ1) is 10.2. The summed E-state index contributed by atoms with van der Waals surface area (Å²) in [5.74, 6) is -0.335. The van der Waals surface area contributed by atoms with Gasteiger partial charge in [0.25, 0.3) is 0 Å². The van der Waals surface area contributed by atoms with Gasteiger partial charge < -0.3 is 10.1 Å². The Kier molecular flexibility index (Phi) is 5.58. The molecular weight excluding hydrogens is 330 g/mol. The molecule has 0 fully saturated rings. The molecule has 2 aromatic rings. The van der Waals surface area contributed by atoms with E-state index in [2.05, 4.69) is 21.2 Å². The number of hydrogen-bond acceptors (Lipinski definition) is 3. The molecule has 0 aliphatic heterocycles. The molecule has 21 heavy (non-hydrogen) atoms. The van der Waals surface area contributed by atoms with E-state index in [9.17, 15) is 4.79 Å². The molecule has 0 atom stereocenters. The predicted molar refractivity (Wildman–Crippen MR) is 89.1 cm³/mol. The van der Waals surface area contributed by atoms with Crippen molar-refractivity contribution in [2.45, 2.75) is 0 Å². The Balaban J connectivity index is 2.16. The lowest BCUT2D eigenvalue weighted by molar-refractivity contribution is -0.135. The number of halogens is 1. The van der Waals surface area contributed by atoms with Crippen LogP contribution in [0, 0.1) is 0 Å². The van der Waals surface area contributed by atoms with Crippen LogP contribution in [0.5, 0.6) is 0 Å². The molecule has 0 saturated carbocycles. The van der Waals surface area contributed by atoms with Crippen molar-refractivity contribution in [2.75, 3.05) is 19.0 Å². The Labute approximate surface area is 132 Å². The Morgan fingerprint density at radius 3 is 2.62 bits per heavy atom. The Morgan fingerprint density at radius 1 is 1.19 bits per heavy atom. The van der Waals surface area contributed by atoms with Crippen molar-refractivity contribution in [3.63, 3.8) is 0 Å². The molecule has 4 heteroatoms. The predicted octanol–water partition coefficient (Wildman–Crippen LogP) is 4.12. The van der Waals surface area contributed by atoms with Gasteiger partial charge in [-0.1, -0.05) is 46.3 Å². The van der Waals surface area contributed by atoms with Gasteiger partial charge in [-0.05, 0) is 35.9 Å². The van der Waals surface area contributed by atoms with Gasteiger partial charge in [0.15, 0.2) is 0 Å². The van der Waals surface area contributed by atoms with Gasteiger partial charge in [0.1, 0.15) is 0 Å². The van der Waals surface area contributed by atoms with Crippen LogP contribution in [0.15, 0.2) is 64.6 Å². The van der Waals surface area contributed by atoms with E-state index in [4.69, 9.17) is 4.74 Å². The highest BCUT2D eigenvalue weighted by atomic mass is 79.9. The highest BCUT2D eigenvalue weighted by Gasteiger charge is 2.09. The lowest BCUT2D eigenvalue weighted by Crippen LogP contribution is -2.14. The van der Waals surface area contributed by atoms with Gasteiger partial charge in [0.2, 0.25) is 0 Å². The number of para-hydroxylation sites is 1. The molecule has 0 bridgehead atoms. The second-order valence-electron chi connectivity index (χ2n) is 4.44. The van der Waals surface area contributed by atoms with Crippen LogP contribution in [0.25, 0.3) is 6.08 Å². The molecule has 0 saturated heterocycles. The van der Waals surface area contributed by atoms with Crippen LogP contribution < -0.4 is 5.32 Å². The normalized spacial score (nSPS) is 11.0. The summed E-state index contributed by atoms with van der Waals surface area (Å²) in [5, 5.41) is 3.21. The highest BCUT2D eigenvalue weighted by molar-refractivity contribution is 9.10. The van der Waals surface area contributed by atoms with Gasteiger partial charge in [-0.2, -0.15) is 0 Å². The minimum absolute atomic E-state index is 0.335. The van der Waals surface area contributed by atoms with Gasteiger partial charge in [-0.3, -0.25) is 0 Å². The lowest BCUT2D eigenvalue weighted by atomic mass is 10.1. The number of nitrogens with one attached hydrogen (secondary N) is 1. The Bertz CT molecular complexity index is 638. The summed E-state index contributed by atoms with van der Waals surface area (Å²) in [6.07, 6.45) is 1.83. The fourth-order valence-electron chi connectivity index (χ4n) is 1.86. The second-order valence-corrected chi connectivity index (χ2v) is 5.35. The van der Waals surface area contributed by atoms with Crippen LogP contribution in [0.1, 0.15) is 5.56 Å². The van der Waals surface area contributed by atoms with Gasteiger partial charge in [0.05, 0.1) is 12.7 Å². The zero-order valence-corrected chi connectivity index (χ0v) is 13.3. The first-order valence-electron chi connectivity index (χ1n) is 6.52. The average Bonchev–Trinajstić information content (AvgIpc) is 2.51. The number of carbonyl (C=O) groups is 1. The van der Waals surface area contributed by atoms with E-state index in [1.165, 1.54) is 7.11 Å². The van der Waals surface area contributed by atoms with Crippen molar-refractivity contribution in [1.82, 2.24) is 0 Å². The third-order valence-electron chi connectivity index (χ3n) is 2.89. The molecule has 0 aromatic heterocycles. The number of anilines is 1. The smallest absolute Gasteiger partial charge is 0.335 e. The zero-order chi connectivity index (χ0) is 15.1. The van der Waals surface area contributed by atoms with E-state index in [1.807, 2.05) is 60.7 Å². The third kappa shape index (κ3) is 4.76. The molecule has 108 valence electrons. The first-order valence-corrected chi connectivity index (χ1v) is 7.31. The Morgan fingerprint density at radius 2 is 1.95 bits per heavy atom. The quantitative estimate of drug-likeness (QED) is 0.654. The van der Waals surface area contributed by atoms with E-state index < -0.39 is 0 Å². The molecule has 0 spiro atoms. The van der Waals surface area contributed by atoms with Crippen molar-refractivity contribution < 1.29 is 9.53 Å². The van der Waals surface area contributed by atoms with Crippen molar-refractivity contribution in [2.24, 2.45) is 0 Å². The SMILES string of the molecule is COC(=O)/C(=C/c1cccc(Br)c1)CNc1ccccc1. The van der Waals surface area contributed by atoms with Crippen LogP contribution in [-0.4, -0.2) is 19.6 Å². The number of hydrogen-bond donors (Lipinski definition) is 1. The average molecular weight is 346 g/mol. The number of ether oxygens (including phenoxy) is 1. The summed E-state index contributed by atoms with van der Waals surface area (Å²) in [6, 6.07) is 17.5. The first kappa shape index (κ1) is 15.3. The summed E-state index contributed by atoms with van der Waals surface area (Å²) in [4.78, 5) is 11.9. The Hall–Kier alpha value is -2.07. The summed E-state index contributed by atoms with van der Waals surface area (Å²) < 4.78 is 5.81. The number of rotatable bonds is 5. The van der Waals surface area contributed by atoms with Crippen LogP contribution in [0.2, 0.25) is 0 Å². The van der Waals surface area contributed by atoms with Crippen molar-refractivity contribution >= 4 is 33.7 Å². The fraction of sp³-hybridized carbons (Fsp3) is 0.118. The summed E-state index contributed by atoms with van der Waals surface area (Å²) in [6.45, 7) is 0.406. The van der Waals surface area contributed by atoms with Gasteiger partial charge in [-0.25, -0.2) is 4.79 Å². The third-order valence-corrected chi connectivity index (χ3v) is 3.39. The molecule has 0 aliphatic rings. The standard InChI is InChI=1S/C17H16BrNO2/c1-21-17(20)14(10-13-6-5-7-15(18)11-13)12-19-16-8-3-2-4-9-16/h2-11,19H,12H2,1H3/b14-10+. The van der Waals surface area contributed by atoms with Gasteiger partial charge in [0, 0.05) is 16.7 Å². The van der Waals surface area contributed by atoms with E-state index in [0.717, 1.165) is 15.7 Å². The fourth-order valence-corrected chi connectivity index (χ4v) is 2.28. The maximum absolute atomic E-state index is 11.9. The largest absolute Gasteiger partial charge is 0.466 e. The molecular formula is C17H16BrNO2. The monoisotopic (exact) mass is 345 g/mol. The maximum atomic E-state index is 11.9. The number of carbonyl (C=O) groups excluding carboxylic acids is 1. The molecule has 0 aliphatic carbocycles. The van der Waals surface area contributed by atoms with Crippen molar-refractivity contribution in [3.8, 4) is 0 Å². The van der Waals surface area contributed by atoms with E-state index in [0.29, 0.717) is 12.1 Å². The van der Waals surface area contributed by atoms with Gasteiger partial charge >= 0.3 is 5.97 Å². The second kappa shape index (κ2) is 7.64. The van der Waals surface area contributed by atoms with Crippen LogP contribution in [0.3, 0.4) is 0 Å². The molecule has 0 radical (unpaired) electrons. The molecule has 2 rings (SSSR count).